The summed E-state index contributed by atoms with van der Waals surface area (Å²) in [7, 11) is 0. The van der Waals surface area contributed by atoms with E-state index in [-0.39, 0.29) is 25.0 Å². The van der Waals surface area contributed by atoms with E-state index >= 15 is 0 Å². The van der Waals surface area contributed by atoms with Crippen molar-refractivity contribution in [1.82, 2.24) is 4.90 Å². The maximum absolute atomic E-state index is 11.9. The average molecular weight is 229 g/mol. The Morgan fingerprint density at radius 3 is 2.69 bits per heavy atom. The Morgan fingerprint density at radius 1 is 1.44 bits per heavy atom. The quantitative estimate of drug-likeness (QED) is 0.548. The number of nitrogens with zero attached hydrogens (tertiary/aromatic N) is 1. The molecule has 1 fully saturated rings. The van der Waals surface area contributed by atoms with Crippen molar-refractivity contribution in [2.75, 3.05) is 13.2 Å². The summed E-state index contributed by atoms with van der Waals surface area (Å²) in [6, 6.07) is -1.05. The predicted molar refractivity (Wildman–Crippen MR) is 58.2 cm³/mol. The first kappa shape index (κ1) is 12.9. The number of amides is 2. The van der Waals surface area contributed by atoms with Crippen LogP contribution >= 0.6 is 0 Å². The zero-order valence-corrected chi connectivity index (χ0v) is 9.26. The third-order valence-electron chi connectivity index (χ3n) is 2.86. The van der Waals surface area contributed by atoms with E-state index in [0.717, 1.165) is 19.3 Å². The maximum Gasteiger partial charge on any atom is 0.240 e. The molecule has 1 aliphatic rings. The van der Waals surface area contributed by atoms with Crippen LogP contribution in [0.1, 0.15) is 25.7 Å². The molecule has 0 bridgehead atoms. The molecular weight excluding hydrogens is 210 g/mol. The Labute approximate surface area is 94.6 Å². The van der Waals surface area contributed by atoms with Gasteiger partial charge in [-0.2, -0.15) is 0 Å². The van der Waals surface area contributed by atoms with E-state index in [0.29, 0.717) is 6.54 Å². The van der Waals surface area contributed by atoms with E-state index in [9.17, 15) is 9.59 Å². The molecule has 16 heavy (non-hydrogen) atoms. The largest absolute Gasteiger partial charge is 0.394 e. The fourth-order valence-electron chi connectivity index (χ4n) is 2.00. The lowest BCUT2D eigenvalue weighted by molar-refractivity contribution is -0.139. The number of primary amides is 1. The van der Waals surface area contributed by atoms with Crippen LogP contribution < -0.4 is 11.5 Å². The zero-order chi connectivity index (χ0) is 12.1. The van der Waals surface area contributed by atoms with Crippen molar-refractivity contribution in [3.63, 3.8) is 0 Å². The van der Waals surface area contributed by atoms with Crippen LogP contribution in [0.15, 0.2) is 0 Å². The summed E-state index contributed by atoms with van der Waals surface area (Å²) in [4.78, 5) is 24.1. The minimum Gasteiger partial charge on any atom is -0.394 e. The monoisotopic (exact) mass is 229 g/mol. The Hall–Kier alpha value is -1.14. The number of carbonyl (C=O) groups is 2. The van der Waals surface area contributed by atoms with Crippen molar-refractivity contribution in [2.24, 2.45) is 11.5 Å². The van der Waals surface area contributed by atoms with Crippen molar-refractivity contribution in [2.45, 2.75) is 37.8 Å². The van der Waals surface area contributed by atoms with Gasteiger partial charge in [0.2, 0.25) is 11.8 Å². The number of nitrogens with two attached hydrogens (primary N) is 2. The number of hydrogen-bond donors (Lipinski definition) is 3. The Balaban J connectivity index is 2.59. The number of aliphatic hydroxyl groups is 1. The molecule has 1 saturated heterocycles. The minimum absolute atomic E-state index is 0.0605. The van der Waals surface area contributed by atoms with E-state index in [1.165, 1.54) is 0 Å². The molecule has 6 heteroatoms. The number of hydrogen-bond acceptors (Lipinski definition) is 4. The highest BCUT2D eigenvalue weighted by Crippen LogP contribution is 2.17. The Bertz CT molecular complexity index is 270. The van der Waals surface area contributed by atoms with Crippen LogP contribution in [-0.2, 0) is 9.59 Å². The van der Waals surface area contributed by atoms with Crippen LogP contribution in [0.3, 0.4) is 0 Å². The van der Waals surface area contributed by atoms with Gasteiger partial charge in [-0.25, -0.2) is 0 Å². The van der Waals surface area contributed by atoms with Crippen molar-refractivity contribution < 1.29 is 14.7 Å². The second kappa shape index (κ2) is 5.81. The van der Waals surface area contributed by atoms with E-state index in [4.69, 9.17) is 16.6 Å². The third kappa shape index (κ3) is 3.18. The molecule has 2 atom stereocenters. The first-order chi connectivity index (χ1) is 7.56. The highest BCUT2D eigenvalue weighted by molar-refractivity contribution is 5.87. The Kier molecular flexibility index (Phi) is 4.70. The summed E-state index contributed by atoms with van der Waals surface area (Å²) in [5.41, 5.74) is 10.6. The van der Waals surface area contributed by atoms with Gasteiger partial charge in [0.05, 0.1) is 25.1 Å². The summed E-state index contributed by atoms with van der Waals surface area (Å²) in [6.45, 7) is 0.533. The van der Waals surface area contributed by atoms with E-state index in [2.05, 4.69) is 0 Å². The van der Waals surface area contributed by atoms with Gasteiger partial charge in [0.25, 0.3) is 0 Å². The molecule has 0 radical (unpaired) electrons. The molecule has 2 unspecified atom stereocenters. The van der Waals surface area contributed by atoms with Crippen LogP contribution in [0.4, 0.5) is 0 Å². The lowest BCUT2D eigenvalue weighted by Crippen LogP contribution is -2.52. The summed E-state index contributed by atoms with van der Waals surface area (Å²) >= 11 is 0. The molecule has 1 rings (SSSR count). The van der Waals surface area contributed by atoms with E-state index in [1.54, 1.807) is 4.90 Å². The molecule has 0 saturated carbocycles. The van der Waals surface area contributed by atoms with Crippen molar-refractivity contribution in [3.05, 3.63) is 0 Å². The highest BCUT2D eigenvalue weighted by atomic mass is 16.3. The second-order valence-corrected chi connectivity index (χ2v) is 4.14. The molecular formula is C10H19N3O3. The van der Waals surface area contributed by atoms with Crippen molar-refractivity contribution in [3.8, 4) is 0 Å². The number of piperidine rings is 1. The second-order valence-electron chi connectivity index (χ2n) is 4.14. The minimum atomic E-state index is -0.885. The molecule has 1 heterocycles. The highest BCUT2D eigenvalue weighted by Gasteiger charge is 2.29. The van der Waals surface area contributed by atoms with Gasteiger partial charge >= 0.3 is 0 Å². The van der Waals surface area contributed by atoms with Crippen LogP contribution in [-0.4, -0.2) is 47.1 Å². The molecule has 0 spiro atoms. The smallest absolute Gasteiger partial charge is 0.240 e. The van der Waals surface area contributed by atoms with Gasteiger partial charge in [0, 0.05) is 6.54 Å². The lowest BCUT2D eigenvalue weighted by Gasteiger charge is -2.36. The molecule has 6 nitrogen and oxygen atoms in total. The van der Waals surface area contributed by atoms with E-state index < -0.39 is 11.9 Å². The fourth-order valence-corrected chi connectivity index (χ4v) is 2.00. The first-order valence-corrected chi connectivity index (χ1v) is 5.51. The number of aliphatic hydroxyl groups excluding tert-OH is 1. The van der Waals surface area contributed by atoms with Gasteiger partial charge in [-0.15, -0.1) is 0 Å². The SMILES string of the molecule is NC(=O)CC(N)C(=O)N1CCCCC1CO. The molecule has 5 N–H and O–H groups in total. The molecule has 2 amide bonds. The van der Waals surface area contributed by atoms with Gasteiger partial charge in [-0.3, -0.25) is 9.59 Å². The third-order valence-corrected chi connectivity index (χ3v) is 2.86. The van der Waals surface area contributed by atoms with Gasteiger partial charge < -0.3 is 21.5 Å². The summed E-state index contributed by atoms with van der Waals surface area (Å²) in [5.74, 6) is -0.879. The molecule has 0 aromatic carbocycles. The zero-order valence-electron chi connectivity index (χ0n) is 9.26. The topological polar surface area (TPSA) is 110 Å². The van der Waals surface area contributed by atoms with Gasteiger partial charge in [-0.05, 0) is 19.3 Å². The van der Waals surface area contributed by atoms with Crippen LogP contribution in [0.25, 0.3) is 0 Å². The average Bonchev–Trinajstić information content (AvgIpc) is 2.27. The van der Waals surface area contributed by atoms with Crippen molar-refractivity contribution >= 4 is 11.8 Å². The Morgan fingerprint density at radius 2 is 2.12 bits per heavy atom. The first-order valence-electron chi connectivity index (χ1n) is 5.51. The molecule has 0 aromatic rings. The summed E-state index contributed by atoms with van der Waals surface area (Å²) in [5, 5.41) is 9.15. The number of rotatable bonds is 4. The summed E-state index contributed by atoms with van der Waals surface area (Å²) in [6.07, 6.45) is 2.55. The lowest BCUT2D eigenvalue weighted by atomic mass is 10.0. The standard InChI is InChI=1S/C10H19N3O3/c11-8(5-9(12)15)10(16)13-4-2-1-3-7(13)6-14/h7-8,14H,1-6,11H2,(H2,12,15). The fraction of sp³-hybridized carbons (Fsp3) is 0.800. The van der Waals surface area contributed by atoms with Crippen LogP contribution in [0.5, 0.6) is 0 Å². The molecule has 0 aromatic heterocycles. The molecule has 0 aliphatic carbocycles. The van der Waals surface area contributed by atoms with E-state index in [1.807, 2.05) is 0 Å². The molecule has 92 valence electrons. The number of likely N-dealkylation sites (tertiary alicyclic amines) is 1. The van der Waals surface area contributed by atoms with Crippen LogP contribution in [0, 0.1) is 0 Å². The van der Waals surface area contributed by atoms with Crippen LogP contribution in [0.2, 0.25) is 0 Å². The summed E-state index contributed by atoms with van der Waals surface area (Å²) < 4.78 is 0. The molecule has 1 aliphatic heterocycles. The van der Waals surface area contributed by atoms with Gasteiger partial charge in [0.15, 0.2) is 0 Å². The van der Waals surface area contributed by atoms with Gasteiger partial charge in [0.1, 0.15) is 0 Å². The normalized spacial score (nSPS) is 22.9. The van der Waals surface area contributed by atoms with Gasteiger partial charge in [-0.1, -0.05) is 0 Å². The maximum atomic E-state index is 11.9. The predicted octanol–water partition coefficient (Wildman–Crippen LogP) is -1.44. The van der Waals surface area contributed by atoms with Crippen molar-refractivity contribution in [1.29, 1.82) is 0 Å². The number of carbonyl (C=O) groups excluding carboxylic acids is 2.